The average Bonchev–Trinajstić information content (AvgIpc) is 2.47. The fraction of sp³-hybridized carbons (Fsp3) is 0.938. The molecule has 0 aromatic heterocycles. The molecule has 23 heavy (non-hydrogen) atoms. The van der Waals surface area contributed by atoms with Gasteiger partial charge in [-0.05, 0) is 57.0 Å². The van der Waals surface area contributed by atoms with Gasteiger partial charge in [-0.3, -0.25) is 4.79 Å². The van der Waals surface area contributed by atoms with Crippen molar-refractivity contribution in [2.24, 2.45) is 17.8 Å². The zero-order chi connectivity index (χ0) is 16.2. The summed E-state index contributed by atoms with van der Waals surface area (Å²) >= 11 is 0. The van der Waals surface area contributed by atoms with Gasteiger partial charge in [-0.1, -0.05) is 13.3 Å². The molecule has 1 amide bonds. The molecule has 1 heterocycles. The van der Waals surface area contributed by atoms with E-state index in [-0.39, 0.29) is 37.2 Å². The van der Waals surface area contributed by atoms with Crippen LogP contribution in [0.3, 0.4) is 0 Å². The topological polar surface area (TPSA) is 41.1 Å². The second kappa shape index (κ2) is 9.11. The lowest BCUT2D eigenvalue weighted by atomic mass is 9.83. The number of carbonyl (C=O) groups is 1. The largest absolute Gasteiger partial charge is 0.391 e. The summed E-state index contributed by atoms with van der Waals surface area (Å²) in [6, 6.07) is -0.312. The van der Waals surface area contributed by atoms with Gasteiger partial charge < -0.3 is 10.6 Å². The van der Waals surface area contributed by atoms with Crippen molar-refractivity contribution < 1.29 is 18.0 Å². The van der Waals surface area contributed by atoms with Crippen molar-refractivity contribution in [2.75, 3.05) is 13.1 Å². The maximum absolute atomic E-state index is 12.8. The van der Waals surface area contributed by atoms with Gasteiger partial charge in [-0.25, -0.2) is 0 Å². The highest BCUT2D eigenvalue weighted by molar-refractivity contribution is 5.85. The highest BCUT2D eigenvalue weighted by atomic mass is 35.5. The Morgan fingerprint density at radius 3 is 2.48 bits per heavy atom. The standard InChI is InChI=1S/C16H27F3N2O.ClH/c1-11(12-5-7-20-8-6-12)9-15(22)21-14-4-2-3-13(10-14)16(17,18)19;/h11-14,20H,2-10H2,1H3,(H,21,22);1H. The third-order valence-electron chi connectivity index (χ3n) is 5.20. The Hall–Kier alpha value is -0.490. The van der Waals surface area contributed by atoms with Crippen molar-refractivity contribution in [1.29, 1.82) is 0 Å². The van der Waals surface area contributed by atoms with E-state index in [9.17, 15) is 18.0 Å². The van der Waals surface area contributed by atoms with Crippen LogP contribution in [0.4, 0.5) is 13.2 Å². The lowest BCUT2D eigenvalue weighted by Crippen LogP contribution is -2.42. The summed E-state index contributed by atoms with van der Waals surface area (Å²) < 4.78 is 38.4. The molecular formula is C16H28ClF3N2O. The zero-order valence-corrected chi connectivity index (χ0v) is 14.4. The predicted molar refractivity (Wildman–Crippen MR) is 86.6 cm³/mol. The van der Waals surface area contributed by atoms with Crippen LogP contribution in [0.25, 0.3) is 0 Å². The number of nitrogens with one attached hydrogen (secondary N) is 2. The van der Waals surface area contributed by atoms with E-state index in [2.05, 4.69) is 17.6 Å². The summed E-state index contributed by atoms with van der Waals surface area (Å²) in [4.78, 5) is 12.1. The third-order valence-corrected chi connectivity index (χ3v) is 5.20. The fourth-order valence-electron chi connectivity index (χ4n) is 3.78. The first-order valence-corrected chi connectivity index (χ1v) is 8.43. The van der Waals surface area contributed by atoms with Gasteiger partial charge in [0.2, 0.25) is 5.91 Å². The van der Waals surface area contributed by atoms with Crippen LogP contribution >= 0.6 is 12.4 Å². The molecule has 0 spiro atoms. The zero-order valence-electron chi connectivity index (χ0n) is 13.6. The van der Waals surface area contributed by atoms with E-state index in [1.165, 1.54) is 0 Å². The Morgan fingerprint density at radius 1 is 1.22 bits per heavy atom. The van der Waals surface area contributed by atoms with Gasteiger partial charge in [0.25, 0.3) is 0 Å². The summed E-state index contributed by atoms with van der Waals surface area (Å²) in [5.41, 5.74) is 0. The van der Waals surface area contributed by atoms with Crippen LogP contribution < -0.4 is 10.6 Å². The number of alkyl halides is 3. The van der Waals surface area contributed by atoms with Crippen LogP contribution in [0, 0.1) is 17.8 Å². The first-order chi connectivity index (χ1) is 10.4. The fourth-order valence-corrected chi connectivity index (χ4v) is 3.78. The summed E-state index contributed by atoms with van der Waals surface area (Å²) in [5.74, 6) is -0.502. The number of amides is 1. The second-order valence-electron chi connectivity index (χ2n) is 6.94. The molecule has 0 aromatic carbocycles. The van der Waals surface area contributed by atoms with Gasteiger partial charge in [-0.15, -0.1) is 12.4 Å². The van der Waals surface area contributed by atoms with Crippen LogP contribution in [0.2, 0.25) is 0 Å². The summed E-state index contributed by atoms with van der Waals surface area (Å²) in [7, 11) is 0. The van der Waals surface area contributed by atoms with E-state index >= 15 is 0 Å². The molecule has 0 bridgehead atoms. The minimum atomic E-state index is -4.13. The molecule has 2 rings (SSSR count). The van der Waals surface area contributed by atoms with Crippen molar-refractivity contribution in [1.82, 2.24) is 10.6 Å². The summed E-state index contributed by atoms with van der Waals surface area (Å²) in [6.45, 7) is 4.06. The summed E-state index contributed by atoms with van der Waals surface area (Å²) in [5, 5.41) is 6.14. The van der Waals surface area contributed by atoms with Crippen LogP contribution in [-0.2, 0) is 4.79 Å². The van der Waals surface area contributed by atoms with Crippen molar-refractivity contribution in [3.8, 4) is 0 Å². The summed E-state index contributed by atoms with van der Waals surface area (Å²) in [6.07, 6.45) is -0.108. The minimum absolute atomic E-state index is 0. The molecule has 1 aliphatic heterocycles. The number of piperidine rings is 1. The molecule has 1 saturated heterocycles. The Kier molecular flexibility index (Phi) is 8.14. The van der Waals surface area contributed by atoms with Gasteiger partial charge in [0.15, 0.2) is 0 Å². The number of halogens is 4. The molecule has 2 fully saturated rings. The van der Waals surface area contributed by atoms with E-state index in [0.717, 1.165) is 25.9 Å². The van der Waals surface area contributed by atoms with Crippen LogP contribution in [0.1, 0.15) is 51.9 Å². The highest BCUT2D eigenvalue weighted by Gasteiger charge is 2.42. The number of rotatable bonds is 4. The van der Waals surface area contributed by atoms with Crippen molar-refractivity contribution in [3.63, 3.8) is 0 Å². The molecule has 3 atom stereocenters. The van der Waals surface area contributed by atoms with Crippen LogP contribution in [0.5, 0.6) is 0 Å². The highest BCUT2D eigenvalue weighted by Crippen LogP contribution is 2.37. The molecule has 7 heteroatoms. The lowest BCUT2D eigenvalue weighted by Gasteiger charge is -2.32. The Bertz CT molecular complexity index is 373. The Labute approximate surface area is 142 Å². The van der Waals surface area contributed by atoms with Gasteiger partial charge in [0.1, 0.15) is 0 Å². The molecule has 2 aliphatic rings. The number of hydrogen-bond donors (Lipinski definition) is 2. The molecule has 0 radical (unpaired) electrons. The van der Waals surface area contributed by atoms with Gasteiger partial charge in [0, 0.05) is 12.5 Å². The third kappa shape index (κ3) is 6.49. The first kappa shape index (κ1) is 20.6. The van der Waals surface area contributed by atoms with E-state index in [0.29, 0.717) is 31.1 Å². The maximum atomic E-state index is 12.8. The van der Waals surface area contributed by atoms with Crippen LogP contribution in [-0.4, -0.2) is 31.2 Å². The van der Waals surface area contributed by atoms with E-state index in [1.54, 1.807) is 0 Å². The molecule has 2 N–H and O–H groups in total. The van der Waals surface area contributed by atoms with Gasteiger partial charge >= 0.3 is 6.18 Å². The first-order valence-electron chi connectivity index (χ1n) is 8.43. The molecule has 1 saturated carbocycles. The molecule has 136 valence electrons. The van der Waals surface area contributed by atoms with Gasteiger partial charge in [0.05, 0.1) is 5.92 Å². The SMILES string of the molecule is CC(CC(=O)NC1CCCC(C(F)(F)F)C1)C1CCNCC1.Cl. The van der Waals surface area contributed by atoms with E-state index in [1.807, 2.05) is 0 Å². The van der Waals surface area contributed by atoms with E-state index in [4.69, 9.17) is 0 Å². The van der Waals surface area contributed by atoms with Crippen molar-refractivity contribution in [2.45, 2.75) is 64.1 Å². The maximum Gasteiger partial charge on any atom is 0.391 e. The van der Waals surface area contributed by atoms with E-state index < -0.39 is 12.1 Å². The number of carbonyl (C=O) groups excluding carboxylic acids is 1. The molecule has 3 unspecified atom stereocenters. The molecule has 0 aromatic rings. The lowest BCUT2D eigenvalue weighted by molar-refractivity contribution is -0.184. The molecular weight excluding hydrogens is 329 g/mol. The molecule has 3 nitrogen and oxygen atoms in total. The average molecular weight is 357 g/mol. The normalized spacial score (nSPS) is 27.8. The van der Waals surface area contributed by atoms with Gasteiger partial charge in [-0.2, -0.15) is 13.2 Å². The smallest absolute Gasteiger partial charge is 0.353 e. The second-order valence-corrected chi connectivity index (χ2v) is 6.94. The number of hydrogen-bond acceptors (Lipinski definition) is 2. The Morgan fingerprint density at radius 2 is 1.87 bits per heavy atom. The predicted octanol–water partition coefficient (Wildman–Crippen LogP) is 3.67. The van der Waals surface area contributed by atoms with Crippen molar-refractivity contribution >= 4 is 18.3 Å². The Balaban J connectivity index is 0.00000264. The van der Waals surface area contributed by atoms with Crippen LogP contribution in [0.15, 0.2) is 0 Å². The monoisotopic (exact) mass is 356 g/mol. The van der Waals surface area contributed by atoms with Crippen molar-refractivity contribution in [3.05, 3.63) is 0 Å². The molecule has 1 aliphatic carbocycles. The quantitative estimate of drug-likeness (QED) is 0.807. The minimum Gasteiger partial charge on any atom is -0.353 e.